The Labute approximate surface area is 114 Å². The first-order chi connectivity index (χ1) is 8.86. The van der Waals surface area contributed by atoms with Crippen molar-refractivity contribution in [3.8, 4) is 0 Å². The number of carbonyl (C=O) groups excluding carboxylic acids is 1. The van der Waals surface area contributed by atoms with Gasteiger partial charge in [-0.15, -0.1) is 0 Å². The lowest BCUT2D eigenvalue weighted by Gasteiger charge is -2.16. The summed E-state index contributed by atoms with van der Waals surface area (Å²) in [6.45, 7) is 8.18. The summed E-state index contributed by atoms with van der Waals surface area (Å²) in [6.07, 6.45) is 7.41. The highest BCUT2D eigenvalue weighted by Gasteiger charge is 2.23. The Kier molecular flexibility index (Phi) is 3.69. The van der Waals surface area contributed by atoms with E-state index in [0.29, 0.717) is 11.6 Å². The molecule has 1 amide bonds. The van der Waals surface area contributed by atoms with Gasteiger partial charge in [0, 0.05) is 11.5 Å². The molecule has 1 saturated carbocycles. The number of hydrogen-bond donors (Lipinski definition) is 1. The Morgan fingerprint density at radius 3 is 2.37 bits per heavy atom. The van der Waals surface area contributed by atoms with Crippen molar-refractivity contribution in [1.29, 1.82) is 0 Å². The molecular formula is C15H21N3O. The molecule has 1 N–H and O–H groups in total. The fourth-order valence-electron chi connectivity index (χ4n) is 1.82. The van der Waals surface area contributed by atoms with Gasteiger partial charge in [-0.05, 0) is 25.7 Å². The van der Waals surface area contributed by atoms with Crippen molar-refractivity contribution in [2.45, 2.75) is 46.0 Å². The van der Waals surface area contributed by atoms with Crippen LogP contribution in [0, 0.1) is 5.92 Å². The molecule has 0 atom stereocenters. The summed E-state index contributed by atoms with van der Waals surface area (Å²) in [6, 6.07) is 0. The van der Waals surface area contributed by atoms with Gasteiger partial charge in [-0.3, -0.25) is 4.79 Å². The number of amides is 1. The van der Waals surface area contributed by atoms with E-state index in [2.05, 4.69) is 36.1 Å². The van der Waals surface area contributed by atoms with Gasteiger partial charge in [0.25, 0.3) is 0 Å². The largest absolute Gasteiger partial charge is 0.320 e. The summed E-state index contributed by atoms with van der Waals surface area (Å²) in [5.74, 6) is 1.29. The van der Waals surface area contributed by atoms with Gasteiger partial charge in [-0.2, -0.15) is 0 Å². The molecule has 1 aromatic heterocycles. The zero-order valence-electron chi connectivity index (χ0n) is 12.0. The fourth-order valence-corrected chi connectivity index (χ4v) is 1.82. The number of nitrogens with one attached hydrogen (secondary N) is 1. The van der Waals surface area contributed by atoms with Crippen LogP contribution in [0.2, 0.25) is 0 Å². The van der Waals surface area contributed by atoms with E-state index >= 15 is 0 Å². The predicted molar refractivity (Wildman–Crippen MR) is 75.8 cm³/mol. The molecular weight excluding hydrogens is 238 g/mol. The maximum absolute atomic E-state index is 11.8. The van der Waals surface area contributed by atoms with Crippen molar-refractivity contribution in [2.75, 3.05) is 5.32 Å². The molecule has 0 unspecified atom stereocenters. The minimum atomic E-state index is -0.100. The van der Waals surface area contributed by atoms with Gasteiger partial charge in [-0.1, -0.05) is 26.3 Å². The molecule has 0 aliphatic heterocycles. The highest BCUT2D eigenvalue weighted by molar-refractivity contribution is 5.99. The summed E-state index contributed by atoms with van der Waals surface area (Å²) < 4.78 is 0. The third-order valence-corrected chi connectivity index (χ3v) is 3.17. The lowest BCUT2D eigenvalue weighted by Crippen LogP contribution is -2.16. The second kappa shape index (κ2) is 5.11. The van der Waals surface area contributed by atoms with Gasteiger partial charge in [0.1, 0.15) is 5.82 Å². The van der Waals surface area contributed by atoms with Crippen LogP contribution < -0.4 is 5.32 Å². The van der Waals surface area contributed by atoms with E-state index < -0.39 is 0 Å². The summed E-state index contributed by atoms with van der Waals surface area (Å²) in [5.41, 5.74) is 1.72. The number of anilines is 1. The Hall–Kier alpha value is -1.71. The van der Waals surface area contributed by atoms with Gasteiger partial charge in [0.05, 0.1) is 18.1 Å². The number of nitrogens with zero attached hydrogens (tertiary/aromatic N) is 2. The summed E-state index contributed by atoms with van der Waals surface area (Å²) in [4.78, 5) is 20.4. The van der Waals surface area contributed by atoms with E-state index in [9.17, 15) is 4.79 Å². The zero-order valence-corrected chi connectivity index (χ0v) is 12.0. The first-order valence-electron chi connectivity index (χ1n) is 6.68. The highest BCUT2D eigenvalue weighted by Crippen LogP contribution is 2.35. The van der Waals surface area contributed by atoms with E-state index in [1.165, 1.54) is 12.8 Å². The van der Waals surface area contributed by atoms with Crippen molar-refractivity contribution in [3.63, 3.8) is 0 Å². The lowest BCUT2D eigenvalue weighted by molar-refractivity contribution is -0.112. The predicted octanol–water partition coefficient (Wildman–Crippen LogP) is 3.07. The zero-order chi connectivity index (χ0) is 14.0. The molecule has 0 saturated heterocycles. The molecule has 1 aliphatic rings. The maximum atomic E-state index is 11.8. The van der Waals surface area contributed by atoms with Crippen molar-refractivity contribution in [2.24, 2.45) is 5.92 Å². The molecule has 0 aromatic carbocycles. The second-order valence-electron chi connectivity index (χ2n) is 6.20. The van der Waals surface area contributed by atoms with Crippen LogP contribution in [-0.4, -0.2) is 15.9 Å². The number of allylic oxidation sites excluding steroid dienone is 1. The van der Waals surface area contributed by atoms with E-state index in [-0.39, 0.29) is 11.3 Å². The fraction of sp³-hybridized carbons (Fsp3) is 0.533. The van der Waals surface area contributed by atoms with Crippen molar-refractivity contribution in [1.82, 2.24) is 9.97 Å². The number of carbonyl (C=O) groups is 1. The molecule has 2 rings (SSSR count). The van der Waals surface area contributed by atoms with Crippen molar-refractivity contribution in [3.05, 3.63) is 29.9 Å². The van der Waals surface area contributed by atoms with Crippen molar-refractivity contribution >= 4 is 11.6 Å². The molecule has 1 fully saturated rings. The average Bonchev–Trinajstić information content (AvgIpc) is 3.11. The average molecular weight is 259 g/mol. The standard InChI is InChI=1S/C15H21N3O/c1-10(11-5-6-11)7-13(19)18-12-8-16-14(17-9-12)15(2,3)4/h7-9,11H,5-6H2,1-4H3,(H,18,19)/b10-7+. The molecule has 0 radical (unpaired) electrons. The maximum Gasteiger partial charge on any atom is 0.248 e. The van der Waals surface area contributed by atoms with Crippen LogP contribution >= 0.6 is 0 Å². The minimum absolute atomic E-state index is 0.0784. The molecule has 1 aromatic rings. The highest BCUT2D eigenvalue weighted by atomic mass is 16.1. The SMILES string of the molecule is C/C(=C\C(=O)Nc1cnc(C(C)(C)C)nc1)C1CC1. The summed E-state index contributed by atoms with van der Waals surface area (Å²) in [5, 5.41) is 2.79. The Balaban J connectivity index is 1.99. The van der Waals surface area contributed by atoms with Crippen molar-refractivity contribution < 1.29 is 4.79 Å². The van der Waals surface area contributed by atoms with E-state index in [0.717, 1.165) is 11.4 Å². The van der Waals surface area contributed by atoms with Crippen LogP contribution in [0.5, 0.6) is 0 Å². The lowest BCUT2D eigenvalue weighted by atomic mass is 9.96. The van der Waals surface area contributed by atoms with Crippen LogP contribution in [0.15, 0.2) is 24.0 Å². The van der Waals surface area contributed by atoms with Crippen LogP contribution in [0.1, 0.15) is 46.4 Å². The van der Waals surface area contributed by atoms with Gasteiger partial charge < -0.3 is 5.32 Å². The Morgan fingerprint density at radius 2 is 1.89 bits per heavy atom. The van der Waals surface area contributed by atoms with Gasteiger partial charge >= 0.3 is 0 Å². The third kappa shape index (κ3) is 3.88. The smallest absolute Gasteiger partial charge is 0.248 e. The third-order valence-electron chi connectivity index (χ3n) is 3.17. The summed E-state index contributed by atoms with van der Waals surface area (Å²) >= 11 is 0. The molecule has 0 spiro atoms. The molecule has 1 heterocycles. The molecule has 1 aliphatic carbocycles. The summed E-state index contributed by atoms with van der Waals surface area (Å²) in [7, 11) is 0. The number of hydrogen-bond acceptors (Lipinski definition) is 3. The Bertz CT molecular complexity index is 493. The first kappa shape index (κ1) is 13.7. The van der Waals surface area contributed by atoms with Gasteiger partial charge in [0.15, 0.2) is 0 Å². The topological polar surface area (TPSA) is 54.9 Å². The second-order valence-corrected chi connectivity index (χ2v) is 6.20. The monoisotopic (exact) mass is 259 g/mol. The molecule has 4 heteroatoms. The van der Waals surface area contributed by atoms with Gasteiger partial charge in [0.2, 0.25) is 5.91 Å². The van der Waals surface area contributed by atoms with Crippen LogP contribution in [0.25, 0.3) is 0 Å². The quantitative estimate of drug-likeness (QED) is 0.849. The normalized spacial score (nSPS) is 16.3. The Morgan fingerprint density at radius 1 is 1.32 bits per heavy atom. The van der Waals surface area contributed by atoms with E-state index in [1.807, 2.05) is 6.92 Å². The minimum Gasteiger partial charge on any atom is -0.320 e. The van der Waals surface area contributed by atoms with Crippen LogP contribution in [0.4, 0.5) is 5.69 Å². The number of rotatable bonds is 3. The molecule has 19 heavy (non-hydrogen) atoms. The van der Waals surface area contributed by atoms with Gasteiger partial charge in [-0.25, -0.2) is 9.97 Å². The first-order valence-corrected chi connectivity index (χ1v) is 6.68. The van der Waals surface area contributed by atoms with Crippen LogP contribution in [0.3, 0.4) is 0 Å². The molecule has 0 bridgehead atoms. The molecule has 4 nitrogen and oxygen atoms in total. The number of aromatic nitrogens is 2. The van der Waals surface area contributed by atoms with Crippen LogP contribution in [-0.2, 0) is 10.2 Å². The van der Waals surface area contributed by atoms with E-state index in [1.54, 1.807) is 18.5 Å². The van der Waals surface area contributed by atoms with E-state index in [4.69, 9.17) is 0 Å². The molecule has 102 valence electrons.